The summed E-state index contributed by atoms with van der Waals surface area (Å²) in [4.78, 5) is 18.0. The number of halogens is 3. The fraction of sp³-hybridized carbons (Fsp3) is 0.200. The number of rotatable bonds is 6. The number of alkyl halides is 3. The number of anilines is 3. The lowest BCUT2D eigenvalue weighted by Crippen LogP contribution is -2.08. The zero-order valence-electron chi connectivity index (χ0n) is 19.0. The molecule has 178 valence electrons. The van der Waals surface area contributed by atoms with Crippen molar-refractivity contribution in [3.8, 4) is 0 Å². The first-order valence-electron chi connectivity index (χ1n) is 11.0. The number of aromatic nitrogens is 5. The molecule has 2 N–H and O–H groups in total. The Balaban J connectivity index is 1.50. The number of imidazole rings is 1. The minimum atomic E-state index is -4.40. The van der Waals surface area contributed by atoms with Crippen molar-refractivity contribution in [2.24, 2.45) is 0 Å². The summed E-state index contributed by atoms with van der Waals surface area (Å²) in [6, 6.07) is 15.1. The number of nitrogens with zero attached hydrogens (tertiary/aromatic N) is 5. The molecule has 0 spiro atoms. The Bertz CT molecular complexity index is 1500. The number of hydrogen-bond acceptors (Lipinski definition) is 6. The molecule has 0 aliphatic rings. The summed E-state index contributed by atoms with van der Waals surface area (Å²) in [6.45, 7) is 4.18. The van der Waals surface area contributed by atoms with E-state index in [1.807, 2.05) is 48.7 Å². The molecule has 2 aromatic carbocycles. The van der Waals surface area contributed by atoms with Crippen LogP contribution in [0.1, 0.15) is 31.0 Å². The van der Waals surface area contributed by atoms with E-state index >= 15 is 0 Å². The van der Waals surface area contributed by atoms with E-state index in [-0.39, 0.29) is 12.6 Å². The molecular formula is C25H22F3N7. The number of fused-ring (bicyclic) bond motifs is 2. The van der Waals surface area contributed by atoms with E-state index in [0.29, 0.717) is 34.3 Å². The van der Waals surface area contributed by atoms with Crippen molar-refractivity contribution in [2.45, 2.75) is 32.6 Å². The molecule has 0 saturated carbocycles. The van der Waals surface area contributed by atoms with E-state index in [1.165, 1.54) is 12.4 Å². The molecule has 10 heteroatoms. The van der Waals surface area contributed by atoms with Crippen LogP contribution in [0.3, 0.4) is 0 Å². The molecule has 0 amide bonds. The van der Waals surface area contributed by atoms with Crippen molar-refractivity contribution in [3.63, 3.8) is 0 Å². The second kappa shape index (κ2) is 8.86. The Kier molecular flexibility index (Phi) is 5.72. The largest absolute Gasteiger partial charge is 0.416 e. The zero-order valence-corrected chi connectivity index (χ0v) is 19.0. The summed E-state index contributed by atoms with van der Waals surface area (Å²) in [5.74, 6) is 1.63. The van der Waals surface area contributed by atoms with Crippen LogP contribution >= 0.6 is 0 Å². The van der Waals surface area contributed by atoms with Gasteiger partial charge in [-0.2, -0.15) is 13.2 Å². The Morgan fingerprint density at radius 1 is 0.943 bits per heavy atom. The first kappa shape index (κ1) is 22.6. The van der Waals surface area contributed by atoms with E-state index in [4.69, 9.17) is 4.98 Å². The van der Waals surface area contributed by atoms with Crippen molar-refractivity contribution in [1.29, 1.82) is 0 Å². The quantitative estimate of drug-likeness (QED) is 0.298. The van der Waals surface area contributed by atoms with Crippen LogP contribution in [0.15, 0.2) is 67.1 Å². The summed E-state index contributed by atoms with van der Waals surface area (Å²) in [5, 5.41) is 8.44. The fourth-order valence-corrected chi connectivity index (χ4v) is 3.98. The molecule has 35 heavy (non-hydrogen) atoms. The second-order valence-electron chi connectivity index (χ2n) is 8.35. The predicted molar refractivity (Wildman–Crippen MR) is 130 cm³/mol. The van der Waals surface area contributed by atoms with Crippen molar-refractivity contribution in [1.82, 2.24) is 24.5 Å². The van der Waals surface area contributed by atoms with Gasteiger partial charge in [-0.15, -0.1) is 0 Å². The Morgan fingerprint density at radius 2 is 1.77 bits per heavy atom. The summed E-state index contributed by atoms with van der Waals surface area (Å²) in [6.07, 6.45) is -1.25. The average molecular weight is 477 g/mol. The molecule has 0 aliphatic heterocycles. The topological polar surface area (TPSA) is 80.5 Å². The number of nitrogens with one attached hydrogen (secondary N) is 2. The van der Waals surface area contributed by atoms with Gasteiger partial charge in [0, 0.05) is 24.2 Å². The molecule has 0 bridgehead atoms. The second-order valence-corrected chi connectivity index (χ2v) is 8.35. The van der Waals surface area contributed by atoms with Crippen LogP contribution in [-0.4, -0.2) is 24.5 Å². The van der Waals surface area contributed by atoms with Gasteiger partial charge < -0.3 is 10.6 Å². The van der Waals surface area contributed by atoms with E-state index in [9.17, 15) is 13.2 Å². The smallest absolute Gasteiger partial charge is 0.364 e. The van der Waals surface area contributed by atoms with E-state index in [1.54, 1.807) is 12.3 Å². The maximum absolute atomic E-state index is 13.1. The van der Waals surface area contributed by atoms with Crippen LogP contribution < -0.4 is 10.6 Å². The molecule has 0 fully saturated rings. The summed E-state index contributed by atoms with van der Waals surface area (Å²) in [5.41, 5.74) is 0.899. The summed E-state index contributed by atoms with van der Waals surface area (Å²) in [7, 11) is 0. The standard InChI is InChI=1S/C25H22F3N7/c1-15(2)35-23-20(33-24(35)34-21-19-9-4-3-7-17(19)10-11-29-21)22(31-14-32-23)30-13-16-6-5-8-18(12-16)25(26,27)28/h3-12,14-15H,13H2,1-2H3,(H,29,33,34)(H,30,31,32). The first-order valence-corrected chi connectivity index (χ1v) is 11.0. The first-order chi connectivity index (χ1) is 16.8. The Hall–Kier alpha value is -4.21. The van der Waals surface area contributed by atoms with Crippen LogP contribution in [-0.2, 0) is 12.7 Å². The van der Waals surface area contributed by atoms with Gasteiger partial charge in [-0.05, 0) is 43.0 Å². The zero-order chi connectivity index (χ0) is 24.6. The summed E-state index contributed by atoms with van der Waals surface area (Å²) >= 11 is 0. The van der Waals surface area contributed by atoms with Crippen molar-refractivity contribution >= 4 is 39.5 Å². The van der Waals surface area contributed by atoms with Gasteiger partial charge in [0.1, 0.15) is 12.1 Å². The van der Waals surface area contributed by atoms with E-state index < -0.39 is 11.7 Å². The predicted octanol–water partition coefficient (Wildman–Crippen LogP) is 6.33. The van der Waals surface area contributed by atoms with Crippen LogP contribution in [0.5, 0.6) is 0 Å². The van der Waals surface area contributed by atoms with Crippen LogP contribution in [0, 0.1) is 0 Å². The monoisotopic (exact) mass is 477 g/mol. The van der Waals surface area contributed by atoms with Gasteiger partial charge in [-0.3, -0.25) is 4.57 Å². The van der Waals surface area contributed by atoms with Crippen molar-refractivity contribution in [2.75, 3.05) is 10.6 Å². The van der Waals surface area contributed by atoms with Gasteiger partial charge in [0.15, 0.2) is 17.0 Å². The summed E-state index contributed by atoms with van der Waals surface area (Å²) < 4.78 is 41.2. The molecule has 0 saturated heterocycles. The van der Waals surface area contributed by atoms with E-state index in [0.717, 1.165) is 22.9 Å². The maximum Gasteiger partial charge on any atom is 0.416 e. The Morgan fingerprint density at radius 3 is 2.57 bits per heavy atom. The maximum atomic E-state index is 13.1. The number of benzene rings is 2. The van der Waals surface area contributed by atoms with Gasteiger partial charge >= 0.3 is 6.18 Å². The van der Waals surface area contributed by atoms with Crippen LogP contribution in [0.25, 0.3) is 21.9 Å². The normalized spacial score (nSPS) is 11.9. The van der Waals surface area contributed by atoms with Crippen molar-refractivity contribution < 1.29 is 13.2 Å². The highest BCUT2D eigenvalue weighted by Crippen LogP contribution is 2.32. The molecule has 0 aliphatic carbocycles. The lowest BCUT2D eigenvalue weighted by molar-refractivity contribution is -0.137. The molecular weight excluding hydrogens is 455 g/mol. The lowest BCUT2D eigenvalue weighted by Gasteiger charge is -2.14. The van der Waals surface area contributed by atoms with Crippen molar-refractivity contribution in [3.05, 3.63) is 78.2 Å². The van der Waals surface area contributed by atoms with Gasteiger partial charge in [0.2, 0.25) is 5.95 Å². The third-order valence-electron chi connectivity index (χ3n) is 5.61. The third-order valence-corrected chi connectivity index (χ3v) is 5.61. The van der Waals surface area contributed by atoms with Gasteiger partial charge in [0.25, 0.3) is 0 Å². The van der Waals surface area contributed by atoms with E-state index in [2.05, 4.69) is 25.6 Å². The Labute approximate surface area is 199 Å². The number of hydrogen-bond donors (Lipinski definition) is 2. The highest BCUT2D eigenvalue weighted by molar-refractivity contribution is 5.93. The SMILES string of the molecule is CC(C)n1c(Nc2nccc3ccccc23)nc2c(NCc3cccc(C(F)(F)F)c3)ncnc21. The molecule has 0 radical (unpaired) electrons. The molecule has 3 heterocycles. The van der Waals surface area contributed by atoms with Gasteiger partial charge in [-0.25, -0.2) is 19.9 Å². The highest BCUT2D eigenvalue weighted by atomic mass is 19.4. The van der Waals surface area contributed by atoms with Gasteiger partial charge in [0.05, 0.1) is 5.56 Å². The molecule has 5 aromatic rings. The van der Waals surface area contributed by atoms with Crippen LogP contribution in [0.2, 0.25) is 0 Å². The number of pyridine rings is 1. The minimum Gasteiger partial charge on any atom is -0.364 e. The molecule has 0 unspecified atom stereocenters. The lowest BCUT2D eigenvalue weighted by atomic mass is 10.1. The molecule has 0 atom stereocenters. The van der Waals surface area contributed by atoms with Gasteiger partial charge in [-0.1, -0.05) is 36.4 Å². The highest BCUT2D eigenvalue weighted by Gasteiger charge is 2.30. The molecule has 5 rings (SSSR count). The van der Waals surface area contributed by atoms with Crippen LogP contribution in [0.4, 0.5) is 30.8 Å². The molecule has 7 nitrogen and oxygen atoms in total. The molecule has 3 aromatic heterocycles. The fourth-order valence-electron chi connectivity index (χ4n) is 3.98. The average Bonchev–Trinajstić information content (AvgIpc) is 3.21. The third kappa shape index (κ3) is 4.46. The minimum absolute atomic E-state index is 0.0173.